The molecule has 1 aromatic rings. The molecule has 3 rings (SSSR count). The highest BCUT2D eigenvalue weighted by atomic mass is 16.1. The van der Waals surface area contributed by atoms with Crippen LogP contribution in [0.25, 0.3) is 0 Å². The molecule has 1 aromatic carbocycles. The minimum Gasteiger partial charge on any atom is -0.369 e. The molecule has 2 nitrogen and oxygen atoms in total. The summed E-state index contributed by atoms with van der Waals surface area (Å²) < 4.78 is 0. The third kappa shape index (κ3) is 1.86. The van der Waals surface area contributed by atoms with E-state index in [1.165, 1.54) is 53.5 Å². The molecule has 0 heterocycles. The van der Waals surface area contributed by atoms with Gasteiger partial charge >= 0.3 is 0 Å². The second-order valence-electron chi connectivity index (χ2n) is 5.48. The van der Waals surface area contributed by atoms with Crippen molar-refractivity contribution in [1.29, 1.82) is 0 Å². The molecule has 0 aromatic heterocycles. The highest BCUT2D eigenvalue weighted by Crippen LogP contribution is 2.44. The molecule has 2 aliphatic carbocycles. The van der Waals surface area contributed by atoms with Crippen LogP contribution < -0.4 is 5.73 Å². The van der Waals surface area contributed by atoms with Gasteiger partial charge in [-0.25, -0.2) is 0 Å². The Morgan fingerprint density at radius 1 is 1.41 bits per heavy atom. The van der Waals surface area contributed by atoms with E-state index < -0.39 is 0 Å². The lowest BCUT2D eigenvalue weighted by molar-refractivity contribution is -0.117. The molecule has 0 aliphatic heterocycles. The Morgan fingerprint density at radius 3 is 2.82 bits per heavy atom. The number of carbonyl (C=O) groups excluding carboxylic acids is 1. The minimum atomic E-state index is -0.199. The number of hydrogen-bond acceptors (Lipinski definition) is 1. The number of hydrogen-bond donors (Lipinski definition) is 1. The number of aryl methyl sites for hydroxylation is 1. The topological polar surface area (TPSA) is 43.1 Å². The zero-order valence-corrected chi connectivity index (χ0v) is 10.4. The van der Waals surface area contributed by atoms with Gasteiger partial charge in [-0.05, 0) is 72.8 Å². The number of benzene rings is 1. The number of nitrogens with two attached hydrogens (primary N) is 1. The van der Waals surface area contributed by atoms with Crippen molar-refractivity contribution in [2.45, 2.75) is 51.4 Å². The van der Waals surface area contributed by atoms with Gasteiger partial charge in [-0.2, -0.15) is 0 Å². The summed E-state index contributed by atoms with van der Waals surface area (Å²) in [6.45, 7) is 2.17. The quantitative estimate of drug-likeness (QED) is 0.849. The van der Waals surface area contributed by atoms with Crippen LogP contribution in [0.1, 0.15) is 53.0 Å². The third-order valence-electron chi connectivity index (χ3n) is 4.21. The molecule has 0 radical (unpaired) electrons. The van der Waals surface area contributed by atoms with E-state index in [9.17, 15) is 4.79 Å². The van der Waals surface area contributed by atoms with Crippen molar-refractivity contribution in [3.05, 3.63) is 33.9 Å². The number of fused-ring (bicyclic) bond motifs is 1. The van der Waals surface area contributed by atoms with Gasteiger partial charge in [0.05, 0.1) is 6.42 Å². The van der Waals surface area contributed by atoms with E-state index in [0.29, 0.717) is 6.42 Å². The van der Waals surface area contributed by atoms with Gasteiger partial charge in [-0.15, -0.1) is 0 Å². The molecular formula is C15H19NO. The average Bonchev–Trinajstić information content (AvgIpc) is 3.00. The van der Waals surface area contributed by atoms with E-state index in [1.807, 2.05) is 0 Å². The van der Waals surface area contributed by atoms with E-state index in [-0.39, 0.29) is 5.91 Å². The summed E-state index contributed by atoms with van der Waals surface area (Å²) in [6, 6.07) is 2.40. The van der Waals surface area contributed by atoms with Gasteiger partial charge < -0.3 is 5.73 Å². The van der Waals surface area contributed by atoms with Crippen molar-refractivity contribution < 1.29 is 4.79 Å². The average molecular weight is 229 g/mol. The van der Waals surface area contributed by atoms with E-state index in [1.54, 1.807) is 0 Å². The SMILES string of the molecule is Cc1c(C2CC2)cc2c(c1CC(N)=O)CCC2. The van der Waals surface area contributed by atoms with Gasteiger partial charge in [0, 0.05) is 0 Å². The monoisotopic (exact) mass is 229 g/mol. The van der Waals surface area contributed by atoms with Crippen LogP contribution in [0.4, 0.5) is 0 Å². The summed E-state index contributed by atoms with van der Waals surface area (Å²) in [7, 11) is 0. The number of primary amides is 1. The first-order chi connectivity index (χ1) is 8.16. The lowest BCUT2D eigenvalue weighted by Crippen LogP contribution is -2.16. The molecule has 90 valence electrons. The van der Waals surface area contributed by atoms with Crippen LogP contribution >= 0.6 is 0 Å². The van der Waals surface area contributed by atoms with Crippen molar-refractivity contribution in [2.24, 2.45) is 5.73 Å². The van der Waals surface area contributed by atoms with Gasteiger partial charge in [0.25, 0.3) is 0 Å². The molecule has 0 atom stereocenters. The predicted octanol–water partition coefficient (Wildman–Crippen LogP) is 2.39. The van der Waals surface area contributed by atoms with E-state index >= 15 is 0 Å². The Bertz CT molecular complexity index is 486. The molecule has 1 saturated carbocycles. The Labute approximate surface area is 102 Å². The van der Waals surface area contributed by atoms with Gasteiger partial charge in [0.1, 0.15) is 0 Å². The van der Waals surface area contributed by atoms with Crippen molar-refractivity contribution >= 4 is 5.91 Å². The van der Waals surface area contributed by atoms with E-state index in [2.05, 4.69) is 13.0 Å². The molecule has 2 heteroatoms. The fourth-order valence-corrected chi connectivity index (χ4v) is 3.20. The first-order valence-electron chi connectivity index (χ1n) is 6.59. The number of carbonyl (C=O) groups is 1. The molecule has 0 unspecified atom stereocenters. The zero-order chi connectivity index (χ0) is 12.0. The highest BCUT2D eigenvalue weighted by molar-refractivity contribution is 5.78. The second-order valence-corrected chi connectivity index (χ2v) is 5.48. The highest BCUT2D eigenvalue weighted by Gasteiger charge is 2.29. The molecule has 0 saturated heterocycles. The maximum atomic E-state index is 11.2. The maximum Gasteiger partial charge on any atom is 0.221 e. The predicted molar refractivity (Wildman–Crippen MR) is 68.1 cm³/mol. The smallest absolute Gasteiger partial charge is 0.221 e. The Hall–Kier alpha value is -1.31. The lowest BCUT2D eigenvalue weighted by atomic mass is 9.90. The largest absolute Gasteiger partial charge is 0.369 e. The van der Waals surface area contributed by atoms with E-state index in [4.69, 9.17) is 5.73 Å². The number of amides is 1. The molecule has 1 fully saturated rings. The first kappa shape index (κ1) is 10.8. The summed E-state index contributed by atoms with van der Waals surface area (Å²) in [5, 5.41) is 0. The third-order valence-corrected chi connectivity index (χ3v) is 4.21. The van der Waals surface area contributed by atoms with Crippen molar-refractivity contribution in [3.8, 4) is 0 Å². The van der Waals surface area contributed by atoms with Crippen LogP contribution in [0.5, 0.6) is 0 Å². The molecule has 2 N–H and O–H groups in total. The Kier molecular flexibility index (Phi) is 2.46. The summed E-state index contributed by atoms with van der Waals surface area (Å²) >= 11 is 0. The molecule has 0 spiro atoms. The summed E-state index contributed by atoms with van der Waals surface area (Å²) in [5.41, 5.74) is 12.4. The first-order valence-corrected chi connectivity index (χ1v) is 6.59. The number of rotatable bonds is 3. The molecule has 2 aliphatic rings. The Morgan fingerprint density at radius 2 is 2.18 bits per heavy atom. The molecular weight excluding hydrogens is 210 g/mol. The standard InChI is InChI=1S/C15H19NO/c1-9-13(10-5-6-10)7-11-3-2-4-12(11)14(9)8-15(16)17/h7,10H,2-6,8H2,1H3,(H2,16,17). The summed E-state index contributed by atoms with van der Waals surface area (Å²) in [4.78, 5) is 11.2. The van der Waals surface area contributed by atoms with E-state index in [0.717, 1.165) is 12.3 Å². The molecule has 1 amide bonds. The van der Waals surface area contributed by atoms with Gasteiger partial charge in [0.15, 0.2) is 0 Å². The molecule has 0 bridgehead atoms. The van der Waals surface area contributed by atoms with Crippen molar-refractivity contribution in [1.82, 2.24) is 0 Å². The minimum absolute atomic E-state index is 0.199. The van der Waals surface area contributed by atoms with Crippen LogP contribution in [0.15, 0.2) is 6.07 Å². The van der Waals surface area contributed by atoms with Crippen LogP contribution in [0, 0.1) is 6.92 Å². The lowest BCUT2D eigenvalue weighted by Gasteiger charge is -2.15. The van der Waals surface area contributed by atoms with Crippen molar-refractivity contribution in [3.63, 3.8) is 0 Å². The fraction of sp³-hybridized carbons (Fsp3) is 0.533. The van der Waals surface area contributed by atoms with Crippen LogP contribution in [-0.2, 0) is 24.1 Å². The Balaban J connectivity index is 2.12. The maximum absolute atomic E-state index is 11.2. The second kappa shape index (κ2) is 3.86. The van der Waals surface area contributed by atoms with Gasteiger partial charge in [-0.1, -0.05) is 6.07 Å². The fourth-order valence-electron chi connectivity index (χ4n) is 3.20. The zero-order valence-electron chi connectivity index (χ0n) is 10.4. The normalized spacial score (nSPS) is 18.2. The molecule has 17 heavy (non-hydrogen) atoms. The van der Waals surface area contributed by atoms with Crippen LogP contribution in [0.3, 0.4) is 0 Å². The van der Waals surface area contributed by atoms with Gasteiger partial charge in [0.2, 0.25) is 5.91 Å². The van der Waals surface area contributed by atoms with Crippen molar-refractivity contribution in [2.75, 3.05) is 0 Å². The summed E-state index contributed by atoms with van der Waals surface area (Å²) in [6.07, 6.45) is 6.60. The van der Waals surface area contributed by atoms with Crippen LogP contribution in [0.2, 0.25) is 0 Å². The van der Waals surface area contributed by atoms with Gasteiger partial charge in [-0.3, -0.25) is 4.79 Å². The van der Waals surface area contributed by atoms with Crippen LogP contribution in [-0.4, -0.2) is 5.91 Å². The summed E-state index contributed by atoms with van der Waals surface area (Å²) in [5.74, 6) is 0.558.